The largest absolute Gasteiger partial charge is 1.00 e. The zero-order valence-electron chi connectivity index (χ0n) is 62.1. The Morgan fingerprint density at radius 3 is 1.22 bits per heavy atom. The van der Waals surface area contributed by atoms with Gasteiger partial charge >= 0.3 is 103 Å². The van der Waals surface area contributed by atoms with Gasteiger partial charge < -0.3 is 26.9 Å². The minimum atomic E-state index is -0.407. The van der Waals surface area contributed by atoms with E-state index >= 15 is 0 Å². The molecule has 3 heterocycles. The van der Waals surface area contributed by atoms with E-state index in [1.807, 2.05) is 20.8 Å². The second-order valence-electron chi connectivity index (χ2n) is 33.9. The van der Waals surface area contributed by atoms with E-state index in [9.17, 15) is 29.7 Å². The number of carbonyl (C=O) groups is 4. The van der Waals surface area contributed by atoms with Crippen LogP contribution in [0.25, 0.3) is 0 Å². The van der Waals surface area contributed by atoms with Gasteiger partial charge in [0.1, 0.15) is 30.5 Å². The van der Waals surface area contributed by atoms with Gasteiger partial charge in [0.15, 0.2) is 24.1 Å². The summed E-state index contributed by atoms with van der Waals surface area (Å²) in [5.74, 6) is 15.5. The molecule has 0 unspecified atom stereocenters. The Morgan fingerprint density at radius 1 is 0.540 bits per heavy atom. The van der Waals surface area contributed by atoms with Crippen LogP contribution in [0.4, 0.5) is 0 Å². The summed E-state index contributed by atoms with van der Waals surface area (Å²) in [6.45, 7) is 20.1. The van der Waals surface area contributed by atoms with Crippen LogP contribution in [0.2, 0.25) is 0 Å². The molecule has 2 aromatic heterocycles. The van der Waals surface area contributed by atoms with E-state index < -0.39 is 11.2 Å². The third kappa shape index (κ3) is 18.3. The molecule has 13 aliphatic rings. The summed E-state index contributed by atoms with van der Waals surface area (Å²) in [4.78, 5) is 55.5. The molecule has 0 aromatic carbocycles. The number of nitrogens with zero attached hydrogens (tertiary/aromatic N) is 11. The second kappa shape index (κ2) is 37.3. The molecule has 12 aliphatic carbocycles. The SMILES string of the molecule is C.C.C.CC1=NCN=N1.CC[C@@]1(O)CC[C@H]2[C@H](CC[C@@H]3[C@@H]2CC[C@]2(C)[C@@H](C(=O)CBr)CC[C@@H]32)C1.CC[C@@]1(O)CC[C@H]2[C@H](CC[C@@H]3[C@@H]2CC[C@]2(C)[C@@H](C(=O)Cn4nnc(C)n4)CC[C@@H]32)C1.CC[C@@]1(O)CC[C@H]2[C@H](CC[C@@H]3[C@@H]2CC[C@]2(C)[C@@H](C(=O)Cn4nnnc4C)CC[C@@H]32)C1.O=CO[O-].[H-].[K+].[K+]. The summed E-state index contributed by atoms with van der Waals surface area (Å²) < 4.78 is 1.66. The number of hydrogen-bond acceptors (Lipinski definition) is 18. The van der Waals surface area contributed by atoms with E-state index in [4.69, 9.17) is 10.1 Å². The molecule has 12 fully saturated rings. The van der Waals surface area contributed by atoms with Gasteiger partial charge in [-0.3, -0.25) is 19.2 Å². The zero-order valence-corrected chi connectivity index (χ0v) is 68.9. The van der Waals surface area contributed by atoms with Crippen molar-refractivity contribution in [1.29, 1.82) is 0 Å². The van der Waals surface area contributed by atoms with Gasteiger partial charge in [0, 0.05) is 17.8 Å². The minimum absolute atomic E-state index is 0. The molecule has 556 valence electrons. The molecule has 12 saturated carbocycles. The molecule has 15 rings (SSSR count). The normalized spacial score (nSPS) is 41.6. The predicted molar refractivity (Wildman–Crippen MR) is 383 cm³/mol. The van der Waals surface area contributed by atoms with Crippen LogP contribution < -0.4 is 108 Å². The van der Waals surface area contributed by atoms with Crippen molar-refractivity contribution in [3.8, 4) is 0 Å². The molecule has 0 bridgehead atoms. The number of Topliss-reactive ketones (excluding diaryl/α,β-unsaturated/α-hetero) is 3. The Balaban J connectivity index is 0.000000249. The van der Waals surface area contributed by atoms with E-state index in [0.717, 1.165) is 166 Å². The van der Waals surface area contributed by atoms with Gasteiger partial charge in [0.25, 0.3) is 6.47 Å². The number of halogens is 1. The van der Waals surface area contributed by atoms with Crippen LogP contribution in [0.5, 0.6) is 0 Å². The fraction of sp³-hybridized carbons (Fsp3) is 0.909. The number of azo groups is 1. The molecule has 3 N–H and O–H groups in total. The van der Waals surface area contributed by atoms with Crippen LogP contribution in [0.3, 0.4) is 0 Å². The number of rotatable bonds is 12. The van der Waals surface area contributed by atoms with Crippen LogP contribution in [-0.2, 0) is 37.2 Å². The van der Waals surface area contributed by atoms with Crippen LogP contribution >= 0.6 is 15.9 Å². The molecular formula is C77H130BrK2N11O9. The van der Waals surface area contributed by atoms with Gasteiger partial charge in [0.05, 0.1) is 22.1 Å². The summed E-state index contributed by atoms with van der Waals surface area (Å²) in [6, 6.07) is 0. The molecule has 100 heavy (non-hydrogen) atoms. The van der Waals surface area contributed by atoms with Crippen LogP contribution in [0.1, 0.15) is 276 Å². The third-order valence-corrected chi connectivity index (χ3v) is 30.6. The Labute approximate surface area is 695 Å². The number of carbonyl (C=O) groups excluding carboxylic acids is 4. The van der Waals surface area contributed by atoms with E-state index in [2.05, 4.69) is 109 Å². The van der Waals surface area contributed by atoms with E-state index in [-0.39, 0.29) is 173 Å². The summed E-state index contributed by atoms with van der Waals surface area (Å²) in [5, 5.41) is 72.5. The standard InChI is InChI=1S/2C24H38N4O2.C22H35BrO2.C3H5N3.CH2O3.3CH4.2K.H/c1-4-24(30)12-10-17-16(13-24)5-6-19-18(17)9-11-23(3)20(19)7-8-21(23)22(29)14-28-15(2)25-26-27-28;1-4-24(30)12-10-17-16(13-24)5-6-19-18(17)9-11-23(3)20(19)7-8-21(23)22(29)14-28-26-15(2)25-27-28;1-3-22(25)11-9-15-14(12-22)4-5-17-16(15)8-10-21(2)18(17)6-7-19(21)20(24)13-23;1-3-4-2-5-6-3;2-1-4-3;;;;;;/h2*16-21,30H,4-14H2,1-3H3;14-19,25H,3-13H2,1-2H3;2H2,1H3;1,3H;3*1H4;;;/q;;;;;;;;2*+1;-1/p-1/t2*16-,17+,18-,19-,20+,21-,23+,24-;14-,15+,16-,17-,18+,19-,21+,22-;;;;;;;;/m111......../s1. The molecule has 24 atom stereocenters. The summed E-state index contributed by atoms with van der Waals surface area (Å²) in [6.07, 6.45) is 34.6. The first-order valence-corrected chi connectivity index (χ1v) is 38.9. The number of ketones is 3. The number of aromatic nitrogens is 8. The molecule has 0 saturated heterocycles. The Hall–Kier alpha value is -0.517. The molecule has 23 heteroatoms. The van der Waals surface area contributed by atoms with Crippen molar-refractivity contribution in [3.63, 3.8) is 0 Å². The molecule has 0 amide bonds. The maximum absolute atomic E-state index is 13.3. The van der Waals surface area contributed by atoms with Gasteiger partial charge in [-0.25, -0.2) is 9.67 Å². The Kier molecular flexibility index (Phi) is 32.9. The molecule has 2 aromatic rings. The Bertz CT molecular complexity index is 3070. The van der Waals surface area contributed by atoms with Crippen molar-refractivity contribution in [3.05, 3.63) is 11.6 Å². The van der Waals surface area contributed by atoms with Crippen molar-refractivity contribution < 1.29 is 149 Å². The molecule has 0 radical (unpaired) electrons. The predicted octanol–water partition coefficient (Wildman–Crippen LogP) is 8.57. The summed E-state index contributed by atoms with van der Waals surface area (Å²) in [7, 11) is 0. The van der Waals surface area contributed by atoms with E-state index in [1.165, 1.54) is 120 Å². The number of fused-ring (bicyclic) bond motifs is 15. The molecular weight excluding hydrogens is 1380 g/mol. The zero-order chi connectivity index (χ0) is 67.8. The van der Waals surface area contributed by atoms with Crippen LogP contribution in [-0.4, -0.2) is 114 Å². The van der Waals surface area contributed by atoms with Gasteiger partial charge in [-0.2, -0.15) is 9.91 Å². The summed E-state index contributed by atoms with van der Waals surface area (Å²) in [5.41, 5.74) is -0.646. The Morgan fingerprint density at radius 2 is 0.920 bits per heavy atom. The van der Waals surface area contributed by atoms with Gasteiger partial charge in [0.2, 0.25) is 0 Å². The first-order valence-electron chi connectivity index (χ1n) is 37.8. The third-order valence-electron chi connectivity index (χ3n) is 30.1. The number of amidine groups is 1. The van der Waals surface area contributed by atoms with Gasteiger partial charge in [-0.15, -0.1) is 20.4 Å². The smallest absolute Gasteiger partial charge is 1.00 e. The van der Waals surface area contributed by atoms with E-state index in [0.29, 0.717) is 59.5 Å². The van der Waals surface area contributed by atoms with Crippen molar-refractivity contribution in [2.24, 2.45) is 138 Å². The second-order valence-corrected chi connectivity index (χ2v) is 34.4. The van der Waals surface area contributed by atoms with Crippen molar-refractivity contribution in [1.82, 2.24) is 40.4 Å². The van der Waals surface area contributed by atoms with Crippen LogP contribution in [0.15, 0.2) is 15.2 Å². The molecule has 20 nitrogen and oxygen atoms in total. The first-order chi connectivity index (χ1) is 45.4. The topological polar surface area (TPSA) is 286 Å². The van der Waals surface area contributed by atoms with Gasteiger partial charge in [-0.05, 0) is 334 Å². The molecule has 1 aliphatic heterocycles. The fourth-order valence-electron chi connectivity index (χ4n) is 25.1. The van der Waals surface area contributed by atoms with Gasteiger partial charge in [-0.1, -0.05) is 79.8 Å². The summed E-state index contributed by atoms with van der Waals surface area (Å²) >= 11 is 3.42. The molecule has 0 spiro atoms. The van der Waals surface area contributed by atoms with Crippen LogP contribution in [0, 0.1) is 137 Å². The number of tetrazole rings is 2. The fourth-order valence-corrected chi connectivity index (χ4v) is 25.5. The van der Waals surface area contributed by atoms with E-state index in [1.54, 1.807) is 4.68 Å². The minimum Gasteiger partial charge on any atom is -1.00 e. The number of hydrogen-bond donors (Lipinski definition) is 3. The van der Waals surface area contributed by atoms with Crippen molar-refractivity contribution in [2.45, 2.75) is 307 Å². The average Bonchev–Trinajstić information content (AvgIpc) is 1.66. The van der Waals surface area contributed by atoms with Crippen molar-refractivity contribution in [2.75, 3.05) is 12.0 Å². The quantitative estimate of drug-likeness (QED) is 0.0590. The maximum Gasteiger partial charge on any atom is 1.00 e. The first kappa shape index (κ1) is 88.4. The average molecular weight is 1510 g/mol. The number of aryl methyl sites for hydroxylation is 2. The number of aliphatic imine (C=N–C) groups is 1. The van der Waals surface area contributed by atoms with Crippen molar-refractivity contribution >= 4 is 45.6 Å². The number of alkyl halides is 1. The maximum atomic E-state index is 13.3. The monoisotopic (exact) mass is 1510 g/mol. The number of aliphatic hydroxyl groups is 3.